The van der Waals surface area contributed by atoms with E-state index in [-0.39, 0.29) is 12.7 Å². The largest absolute Gasteiger partial charge is 0.328 e. The molecule has 1 aromatic carbocycles. The van der Waals surface area contributed by atoms with Gasteiger partial charge in [-0.25, -0.2) is 9.48 Å². The molecule has 0 saturated heterocycles. The fourth-order valence-electron chi connectivity index (χ4n) is 1.94. The molecule has 3 rings (SSSR count). The van der Waals surface area contributed by atoms with Crippen molar-refractivity contribution in [1.82, 2.24) is 14.7 Å². The van der Waals surface area contributed by atoms with E-state index in [4.69, 9.17) is 23.2 Å². The van der Waals surface area contributed by atoms with Crippen LogP contribution in [0.2, 0.25) is 10.0 Å². The highest BCUT2D eigenvalue weighted by atomic mass is 35.5. The fourth-order valence-corrected chi connectivity index (χ4v) is 2.30. The van der Waals surface area contributed by atoms with Crippen LogP contribution in [0.5, 0.6) is 0 Å². The summed E-state index contributed by atoms with van der Waals surface area (Å²) in [5.74, 6) is 0.483. The maximum absolute atomic E-state index is 12.2. The van der Waals surface area contributed by atoms with Gasteiger partial charge in [-0.05, 0) is 24.3 Å². The van der Waals surface area contributed by atoms with E-state index >= 15 is 0 Å². The molecule has 1 aliphatic rings. The maximum Gasteiger partial charge on any atom is 0.328 e. The Balaban J connectivity index is 1.86. The summed E-state index contributed by atoms with van der Waals surface area (Å²) in [4.78, 5) is 17.6. The lowest BCUT2D eigenvalue weighted by Crippen LogP contribution is -2.32. The monoisotopic (exact) mass is 335 g/mol. The second kappa shape index (κ2) is 6.21. The number of hydrogen-bond acceptors (Lipinski definition) is 3. The molecule has 1 aliphatic heterocycles. The molecule has 0 fully saturated rings. The molecule has 2 amide bonds. The van der Waals surface area contributed by atoms with Gasteiger partial charge in [0.05, 0.1) is 16.9 Å². The zero-order valence-electron chi connectivity index (χ0n) is 11.3. The van der Waals surface area contributed by atoms with Gasteiger partial charge >= 0.3 is 6.03 Å². The first-order valence-corrected chi connectivity index (χ1v) is 7.14. The molecule has 0 aliphatic carbocycles. The minimum atomic E-state index is -0.312. The third-order valence-electron chi connectivity index (χ3n) is 2.97. The number of nitrogens with one attached hydrogen (secondary N) is 1. The summed E-state index contributed by atoms with van der Waals surface area (Å²) in [5, 5.41) is 7.95. The first-order chi connectivity index (χ1) is 10.6. The van der Waals surface area contributed by atoms with Crippen molar-refractivity contribution in [2.24, 2.45) is 4.99 Å². The molecule has 112 valence electrons. The quantitative estimate of drug-likeness (QED) is 0.911. The molecular formula is C14H11Cl2N5O. The number of anilines is 1. The molecule has 6 nitrogen and oxygen atoms in total. The number of aliphatic imine (C=N–C) groups is 1. The Bertz CT molecular complexity index is 768. The minimum absolute atomic E-state index is 0.272. The van der Waals surface area contributed by atoms with Gasteiger partial charge in [-0.15, -0.1) is 0 Å². The molecule has 2 aromatic rings. The van der Waals surface area contributed by atoms with E-state index in [0.717, 1.165) is 0 Å². The molecule has 0 atom stereocenters. The lowest BCUT2D eigenvalue weighted by atomic mass is 10.3. The molecule has 0 radical (unpaired) electrons. The molecule has 0 bridgehead atoms. The van der Waals surface area contributed by atoms with Crippen LogP contribution in [0.25, 0.3) is 5.69 Å². The Kier molecular flexibility index (Phi) is 4.13. The SMILES string of the molecule is O=C(Nc1ccnn1-c1cc(Cl)ccc1Cl)N1C=CC=NC1. The van der Waals surface area contributed by atoms with Gasteiger partial charge in [0.1, 0.15) is 12.5 Å². The summed E-state index contributed by atoms with van der Waals surface area (Å²) in [7, 11) is 0. The Labute approximate surface area is 136 Å². The summed E-state index contributed by atoms with van der Waals surface area (Å²) >= 11 is 12.2. The number of carbonyl (C=O) groups is 1. The van der Waals surface area contributed by atoms with Gasteiger partial charge in [0.15, 0.2) is 0 Å². The van der Waals surface area contributed by atoms with Crippen molar-refractivity contribution in [1.29, 1.82) is 0 Å². The van der Waals surface area contributed by atoms with E-state index < -0.39 is 0 Å². The van der Waals surface area contributed by atoms with Gasteiger partial charge in [-0.2, -0.15) is 5.10 Å². The van der Waals surface area contributed by atoms with Crippen LogP contribution in [0, 0.1) is 0 Å². The second-order valence-electron chi connectivity index (χ2n) is 4.44. The van der Waals surface area contributed by atoms with Gasteiger partial charge < -0.3 is 0 Å². The van der Waals surface area contributed by atoms with E-state index in [1.54, 1.807) is 49.0 Å². The van der Waals surface area contributed by atoms with Crippen LogP contribution in [-0.2, 0) is 0 Å². The molecule has 0 saturated carbocycles. The second-order valence-corrected chi connectivity index (χ2v) is 5.28. The number of benzene rings is 1. The topological polar surface area (TPSA) is 62.5 Å². The first kappa shape index (κ1) is 14.6. The van der Waals surface area contributed by atoms with Crippen LogP contribution in [0.15, 0.2) is 47.7 Å². The third kappa shape index (κ3) is 2.98. The van der Waals surface area contributed by atoms with Crippen molar-refractivity contribution in [3.05, 3.63) is 52.8 Å². The van der Waals surface area contributed by atoms with E-state index in [2.05, 4.69) is 15.4 Å². The Morgan fingerprint density at radius 2 is 2.14 bits per heavy atom. The number of rotatable bonds is 2. The number of carbonyl (C=O) groups excluding carboxylic acids is 1. The molecule has 1 N–H and O–H groups in total. The van der Waals surface area contributed by atoms with Crippen LogP contribution < -0.4 is 5.32 Å². The molecule has 0 unspecified atom stereocenters. The van der Waals surface area contributed by atoms with Crippen molar-refractivity contribution in [2.75, 3.05) is 12.0 Å². The molecule has 2 heterocycles. The molecule has 0 spiro atoms. The smallest absolute Gasteiger partial charge is 0.292 e. The Morgan fingerprint density at radius 3 is 2.91 bits per heavy atom. The van der Waals surface area contributed by atoms with Gasteiger partial charge in [0.25, 0.3) is 0 Å². The lowest BCUT2D eigenvalue weighted by Gasteiger charge is -2.19. The number of hydrogen-bond donors (Lipinski definition) is 1. The summed E-state index contributed by atoms with van der Waals surface area (Å²) in [6.07, 6.45) is 6.54. The highest BCUT2D eigenvalue weighted by Crippen LogP contribution is 2.26. The van der Waals surface area contributed by atoms with Crippen molar-refractivity contribution < 1.29 is 4.79 Å². The van der Waals surface area contributed by atoms with Gasteiger partial charge in [0, 0.05) is 23.5 Å². The van der Waals surface area contributed by atoms with Crippen LogP contribution >= 0.6 is 23.2 Å². The number of allylic oxidation sites excluding steroid dienone is 1. The van der Waals surface area contributed by atoms with E-state index in [0.29, 0.717) is 21.6 Å². The summed E-state index contributed by atoms with van der Waals surface area (Å²) in [6.45, 7) is 0.272. The minimum Gasteiger partial charge on any atom is -0.292 e. The zero-order chi connectivity index (χ0) is 15.5. The van der Waals surface area contributed by atoms with Gasteiger partial charge in [-0.3, -0.25) is 15.2 Å². The van der Waals surface area contributed by atoms with E-state index in [1.165, 1.54) is 9.58 Å². The van der Waals surface area contributed by atoms with Crippen molar-refractivity contribution in [2.45, 2.75) is 0 Å². The molecule has 22 heavy (non-hydrogen) atoms. The van der Waals surface area contributed by atoms with Crippen LogP contribution in [0.3, 0.4) is 0 Å². The normalized spacial score (nSPS) is 13.5. The predicted octanol–water partition coefficient (Wildman–Crippen LogP) is 3.57. The Hall–Kier alpha value is -2.31. The van der Waals surface area contributed by atoms with Gasteiger partial charge in [0.2, 0.25) is 0 Å². The average Bonchev–Trinajstić information content (AvgIpc) is 2.98. The fraction of sp³-hybridized carbons (Fsp3) is 0.0714. The van der Waals surface area contributed by atoms with E-state index in [9.17, 15) is 4.79 Å². The standard InChI is InChI=1S/C14H11Cl2N5O/c15-10-2-3-11(16)12(8-10)21-13(4-6-18-21)19-14(22)20-7-1-5-17-9-20/h1-8H,9H2,(H,19,22). The van der Waals surface area contributed by atoms with E-state index in [1.807, 2.05) is 0 Å². The third-order valence-corrected chi connectivity index (χ3v) is 3.52. The highest BCUT2D eigenvalue weighted by molar-refractivity contribution is 6.34. The summed E-state index contributed by atoms with van der Waals surface area (Å²) in [5.41, 5.74) is 0.585. The number of nitrogens with zero attached hydrogens (tertiary/aromatic N) is 4. The first-order valence-electron chi connectivity index (χ1n) is 6.39. The Morgan fingerprint density at radius 1 is 1.27 bits per heavy atom. The average molecular weight is 336 g/mol. The predicted molar refractivity (Wildman–Crippen MR) is 86.9 cm³/mol. The van der Waals surface area contributed by atoms with Crippen molar-refractivity contribution in [3.8, 4) is 5.69 Å². The van der Waals surface area contributed by atoms with Crippen LogP contribution in [0.1, 0.15) is 0 Å². The summed E-state index contributed by atoms with van der Waals surface area (Å²) in [6, 6.07) is 6.40. The van der Waals surface area contributed by atoms with Crippen molar-refractivity contribution >= 4 is 41.3 Å². The molecule has 1 aromatic heterocycles. The zero-order valence-corrected chi connectivity index (χ0v) is 12.8. The number of halogens is 2. The number of aromatic nitrogens is 2. The molecular weight excluding hydrogens is 325 g/mol. The maximum atomic E-state index is 12.2. The summed E-state index contributed by atoms with van der Waals surface area (Å²) < 4.78 is 1.52. The lowest BCUT2D eigenvalue weighted by molar-refractivity contribution is 0.229. The highest BCUT2D eigenvalue weighted by Gasteiger charge is 2.15. The van der Waals surface area contributed by atoms with Crippen molar-refractivity contribution in [3.63, 3.8) is 0 Å². The molecule has 8 heteroatoms. The number of amides is 2. The van der Waals surface area contributed by atoms with Crippen LogP contribution in [-0.4, -0.2) is 33.6 Å². The van der Waals surface area contributed by atoms with Crippen LogP contribution in [0.4, 0.5) is 10.6 Å². The number of urea groups is 1. The van der Waals surface area contributed by atoms with Gasteiger partial charge in [-0.1, -0.05) is 23.2 Å².